The van der Waals surface area contributed by atoms with E-state index in [1.807, 2.05) is 24.3 Å². The van der Waals surface area contributed by atoms with E-state index in [-0.39, 0.29) is 17.1 Å². The molecule has 0 fully saturated rings. The summed E-state index contributed by atoms with van der Waals surface area (Å²) >= 11 is 3.31. The summed E-state index contributed by atoms with van der Waals surface area (Å²) in [5.41, 5.74) is 1.08. The lowest BCUT2D eigenvalue weighted by Gasteiger charge is -1.96. The first-order valence-corrected chi connectivity index (χ1v) is 5.20. The minimum atomic E-state index is -0.220. The molecule has 0 bridgehead atoms. The van der Waals surface area contributed by atoms with Gasteiger partial charge in [-0.25, -0.2) is 0 Å². The molecule has 3 heteroatoms. The summed E-state index contributed by atoms with van der Waals surface area (Å²) in [6.45, 7) is 0. The number of hydrogen-bond acceptors (Lipinski definition) is 2. The lowest BCUT2D eigenvalue weighted by Crippen LogP contribution is -2.00. The highest BCUT2D eigenvalue weighted by atomic mass is 79.9. The average Bonchev–Trinajstić information content (AvgIpc) is 2.53. The molecule has 0 aliphatic heterocycles. The fraction of sp³-hybridized carbons (Fsp3) is 0. The Bertz CT molecular complexity index is 461. The van der Waals surface area contributed by atoms with Gasteiger partial charge in [-0.15, -0.1) is 0 Å². The summed E-state index contributed by atoms with van der Waals surface area (Å²) in [6, 6.07) is 7.42. The van der Waals surface area contributed by atoms with Crippen molar-refractivity contribution in [2.24, 2.45) is 0 Å². The second-order valence-corrected chi connectivity index (χ2v) is 4.09. The van der Waals surface area contributed by atoms with Gasteiger partial charge in [0.15, 0.2) is 11.6 Å². The molecular weight excluding hydrogens is 256 g/mol. The van der Waals surface area contributed by atoms with Crippen LogP contribution in [0.5, 0.6) is 0 Å². The minimum absolute atomic E-state index is 0.220. The first-order valence-electron chi connectivity index (χ1n) is 4.41. The standard InChI is InChI=1S/C12H7BrO2/c13-9-3-1-8(2-4-9)7-10-11(14)5-6-12(10)15/h1-7H. The van der Waals surface area contributed by atoms with Crippen LogP contribution in [-0.4, -0.2) is 11.6 Å². The third-order valence-corrected chi connectivity index (χ3v) is 2.63. The van der Waals surface area contributed by atoms with E-state index in [1.165, 1.54) is 12.2 Å². The largest absolute Gasteiger partial charge is 0.289 e. The molecule has 0 aromatic heterocycles. The molecule has 0 saturated heterocycles. The topological polar surface area (TPSA) is 34.1 Å². The van der Waals surface area contributed by atoms with Crippen LogP contribution in [0.25, 0.3) is 6.08 Å². The molecule has 0 heterocycles. The van der Waals surface area contributed by atoms with Crippen LogP contribution in [0.4, 0.5) is 0 Å². The maximum atomic E-state index is 11.3. The van der Waals surface area contributed by atoms with Crippen molar-refractivity contribution in [3.8, 4) is 0 Å². The van der Waals surface area contributed by atoms with Crippen LogP contribution in [0.15, 0.2) is 46.5 Å². The van der Waals surface area contributed by atoms with Crippen molar-refractivity contribution in [3.05, 3.63) is 52.0 Å². The molecule has 0 atom stereocenters. The Morgan fingerprint density at radius 1 is 0.933 bits per heavy atom. The fourth-order valence-electron chi connectivity index (χ4n) is 1.32. The fourth-order valence-corrected chi connectivity index (χ4v) is 1.58. The minimum Gasteiger partial charge on any atom is -0.289 e. The van der Waals surface area contributed by atoms with E-state index in [0.717, 1.165) is 10.0 Å². The van der Waals surface area contributed by atoms with Gasteiger partial charge in [-0.1, -0.05) is 28.1 Å². The van der Waals surface area contributed by atoms with E-state index in [2.05, 4.69) is 15.9 Å². The average molecular weight is 263 g/mol. The number of ketones is 2. The molecule has 0 unspecified atom stereocenters. The van der Waals surface area contributed by atoms with Crippen molar-refractivity contribution < 1.29 is 9.59 Å². The number of allylic oxidation sites excluding steroid dienone is 3. The number of halogens is 1. The summed E-state index contributed by atoms with van der Waals surface area (Å²) in [4.78, 5) is 22.5. The van der Waals surface area contributed by atoms with Gasteiger partial charge in [-0.05, 0) is 35.9 Å². The summed E-state index contributed by atoms with van der Waals surface area (Å²) in [5.74, 6) is -0.439. The Morgan fingerprint density at radius 3 is 2.00 bits per heavy atom. The lowest BCUT2D eigenvalue weighted by molar-refractivity contribution is -0.115. The SMILES string of the molecule is O=C1C=CC(=O)C1=Cc1ccc(Br)cc1. The van der Waals surface area contributed by atoms with Gasteiger partial charge >= 0.3 is 0 Å². The van der Waals surface area contributed by atoms with Gasteiger partial charge in [-0.2, -0.15) is 0 Å². The van der Waals surface area contributed by atoms with Crippen LogP contribution in [0.3, 0.4) is 0 Å². The van der Waals surface area contributed by atoms with Crippen molar-refractivity contribution in [2.45, 2.75) is 0 Å². The summed E-state index contributed by atoms with van der Waals surface area (Å²) in [7, 11) is 0. The van der Waals surface area contributed by atoms with E-state index >= 15 is 0 Å². The Balaban J connectivity index is 2.35. The number of rotatable bonds is 1. The number of hydrogen-bond donors (Lipinski definition) is 0. The molecule has 1 aromatic rings. The highest BCUT2D eigenvalue weighted by Crippen LogP contribution is 2.16. The smallest absolute Gasteiger partial charge is 0.189 e. The normalized spacial score (nSPS) is 14.9. The van der Waals surface area contributed by atoms with Crippen LogP contribution >= 0.6 is 15.9 Å². The zero-order valence-corrected chi connectivity index (χ0v) is 9.32. The molecular formula is C12H7BrO2. The summed E-state index contributed by atoms with van der Waals surface area (Å²) < 4.78 is 0.965. The third-order valence-electron chi connectivity index (χ3n) is 2.10. The molecule has 0 radical (unpaired) electrons. The molecule has 0 N–H and O–H groups in total. The monoisotopic (exact) mass is 262 g/mol. The zero-order chi connectivity index (χ0) is 10.8. The predicted molar refractivity (Wildman–Crippen MR) is 61.3 cm³/mol. The van der Waals surface area contributed by atoms with E-state index < -0.39 is 0 Å². The van der Waals surface area contributed by atoms with Gasteiger partial charge in [-0.3, -0.25) is 9.59 Å². The Morgan fingerprint density at radius 2 is 1.47 bits per heavy atom. The van der Waals surface area contributed by atoms with Gasteiger partial charge < -0.3 is 0 Å². The first-order chi connectivity index (χ1) is 7.16. The molecule has 0 amide bonds. The molecule has 2 rings (SSSR count). The highest BCUT2D eigenvalue weighted by Gasteiger charge is 2.19. The molecule has 15 heavy (non-hydrogen) atoms. The maximum absolute atomic E-state index is 11.3. The van der Waals surface area contributed by atoms with Crippen molar-refractivity contribution >= 4 is 33.6 Å². The van der Waals surface area contributed by atoms with Crippen molar-refractivity contribution in [1.29, 1.82) is 0 Å². The van der Waals surface area contributed by atoms with Gasteiger partial charge in [0.1, 0.15) is 0 Å². The Hall–Kier alpha value is -1.48. The highest BCUT2D eigenvalue weighted by molar-refractivity contribution is 9.10. The van der Waals surface area contributed by atoms with E-state index in [9.17, 15) is 9.59 Å². The number of carbonyl (C=O) groups excluding carboxylic acids is 2. The summed E-state index contributed by atoms with van der Waals surface area (Å²) in [6.07, 6.45) is 4.21. The second kappa shape index (κ2) is 3.95. The predicted octanol–water partition coefficient (Wildman–Crippen LogP) is 2.54. The van der Waals surface area contributed by atoms with E-state index in [4.69, 9.17) is 0 Å². The number of carbonyl (C=O) groups is 2. The van der Waals surface area contributed by atoms with Crippen LogP contribution in [-0.2, 0) is 9.59 Å². The van der Waals surface area contributed by atoms with Crippen molar-refractivity contribution in [2.75, 3.05) is 0 Å². The zero-order valence-electron chi connectivity index (χ0n) is 7.74. The Kier molecular flexibility index (Phi) is 2.64. The van der Waals surface area contributed by atoms with Gasteiger partial charge in [0.2, 0.25) is 0 Å². The van der Waals surface area contributed by atoms with Crippen molar-refractivity contribution in [1.82, 2.24) is 0 Å². The molecule has 1 aliphatic rings. The Labute approximate surface area is 95.4 Å². The molecule has 0 saturated carbocycles. The molecule has 74 valence electrons. The van der Waals surface area contributed by atoms with Crippen molar-refractivity contribution in [3.63, 3.8) is 0 Å². The lowest BCUT2D eigenvalue weighted by atomic mass is 10.1. The molecule has 0 spiro atoms. The molecule has 1 aliphatic carbocycles. The van der Waals surface area contributed by atoms with Crippen LogP contribution in [0.2, 0.25) is 0 Å². The van der Waals surface area contributed by atoms with Crippen LogP contribution < -0.4 is 0 Å². The first kappa shape index (κ1) is 10.1. The van der Waals surface area contributed by atoms with E-state index in [0.29, 0.717) is 0 Å². The van der Waals surface area contributed by atoms with Gasteiger partial charge in [0, 0.05) is 4.47 Å². The van der Waals surface area contributed by atoms with Crippen LogP contribution in [0, 0.1) is 0 Å². The molecule has 1 aromatic carbocycles. The third kappa shape index (κ3) is 2.13. The number of benzene rings is 1. The van der Waals surface area contributed by atoms with Crippen LogP contribution in [0.1, 0.15) is 5.56 Å². The molecule has 2 nitrogen and oxygen atoms in total. The quantitative estimate of drug-likeness (QED) is 0.576. The maximum Gasteiger partial charge on any atom is 0.189 e. The summed E-state index contributed by atoms with van der Waals surface area (Å²) in [5, 5.41) is 0. The second-order valence-electron chi connectivity index (χ2n) is 3.17. The van der Waals surface area contributed by atoms with Gasteiger partial charge in [0.05, 0.1) is 5.57 Å². The van der Waals surface area contributed by atoms with E-state index in [1.54, 1.807) is 6.08 Å². The van der Waals surface area contributed by atoms with Gasteiger partial charge in [0.25, 0.3) is 0 Å².